The molecule has 0 saturated carbocycles. The summed E-state index contributed by atoms with van der Waals surface area (Å²) < 4.78 is 0. The molecule has 0 radical (unpaired) electrons. The van der Waals surface area contributed by atoms with Gasteiger partial charge in [-0.05, 0) is 37.8 Å². The van der Waals surface area contributed by atoms with Crippen LogP contribution in [0.1, 0.15) is 40.2 Å². The van der Waals surface area contributed by atoms with Gasteiger partial charge >= 0.3 is 0 Å². The fourth-order valence-electron chi connectivity index (χ4n) is 2.51. The molecule has 1 aromatic heterocycles. The van der Waals surface area contributed by atoms with Gasteiger partial charge in [0.1, 0.15) is 0 Å². The fraction of sp³-hybridized carbons (Fsp3) is 0.267. The number of carbonyl (C=O) groups is 1. The summed E-state index contributed by atoms with van der Waals surface area (Å²) in [5.41, 5.74) is 5.49. The van der Waals surface area contributed by atoms with Gasteiger partial charge in [0.15, 0.2) is 5.69 Å². The van der Waals surface area contributed by atoms with Crippen molar-refractivity contribution in [3.8, 4) is 0 Å². The van der Waals surface area contributed by atoms with Gasteiger partial charge in [0.25, 0.3) is 5.91 Å². The highest BCUT2D eigenvalue weighted by molar-refractivity contribution is 6.38. The number of H-pyrrole nitrogens is 1. The zero-order valence-corrected chi connectivity index (χ0v) is 13.2. The minimum Gasteiger partial charge on any atom is -0.281 e. The van der Waals surface area contributed by atoms with Crippen molar-refractivity contribution < 1.29 is 4.79 Å². The molecule has 0 spiro atoms. The largest absolute Gasteiger partial charge is 0.292 e. The third-order valence-corrected chi connectivity index (χ3v) is 4.29. The van der Waals surface area contributed by atoms with Gasteiger partial charge < -0.3 is 0 Å². The van der Waals surface area contributed by atoms with Crippen molar-refractivity contribution in [3.63, 3.8) is 0 Å². The van der Waals surface area contributed by atoms with Crippen LogP contribution in [0.2, 0.25) is 10.0 Å². The van der Waals surface area contributed by atoms with E-state index in [9.17, 15) is 4.79 Å². The van der Waals surface area contributed by atoms with Crippen molar-refractivity contribution in [2.75, 3.05) is 0 Å². The smallest absolute Gasteiger partial charge is 0.281 e. The third-order valence-electron chi connectivity index (χ3n) is 3.63. The van der Waals surface area contributed by atoms with Gasteiger partial charge in [-0.25, -0.2) is 5.43 Å². The number of amides is 1. The number of rotatable bonds is 3. The molecule has 0 unspecified atom stereocenters. The van der Waals surface area contributed by atoms with Crippen LogP contribution in [0.25, 0.3) is 0 Å². The van der Waals surface area contributed by atoms with Crippen LogP contribution in [0, 0.1) is 0 Å². The van der Waals surface area contributed by atoms with Gasteiger partial charge in [-0.1, -0.05) is 29.3 Å². The highest BCUT2D eigenvalue weighted by atomic mass is 35.5. The maximum Gasteiger partial charge on any atom is 0.292 e. The molecule has 1 amide bonds. The average Bonchev–Trinajstić information content (AvgIpc) is 2.94. The molecular formula is C15H14Cl2N4O. The maximum absolute atomic E-state index is 12.2. The first-order valence-corrected chi connectivity index (χ1v) is 7.76. The first-order chi connectivity index (χ1) is 10.7. The quantitative estimate of drug-likeness (QED) is 0.666. The number of hydrogen-bond donors (Lipinski definition) is 2. The van der Waals surface area contributed by atoms with Crippen molar-refractivity contribution in [3.05, 3.63) is 50.8 Å². The van der Waals surface area contributed by atoms with Gasteiger partial charge in [-0.15, -0.1) is 0 Å². The topological polar surface area (TPSA) is 70.1 Å². The lowest BCUT2D eigenvalue weighted by Crippen LogP contribution is -2.20. The number of carbonyl (C=O) groups excluding carboxylic acids is 1. The number of nitrogens with zero attached hydrogens (tertiary/aromatic N) is 2. The normalized spacial score (nSPS) is 14.1. The Bertz CT molecular complexity index is 719. The SMILES string of the molecule is O=C(N/N=C\c1c(Cl)cccc1Cl)c1n[nH]c2c1CCCC2. The number of hydrogen-bond acceptors (Lipinski definition) is 3. The Morgan fingerprint density at radius 1 is 1.27 bits per heavy atom. The van der Waals surface area contributed by atoms with Crippen LogP contribution in [0.5, 0.6) is 0 Å². The number of nitrogens with one attached hydrogen (secondary N) is 2. The van der Waals surface area contributed by atoms with Crippen LogP contribution in [-0.2, 0) is 12.8 Å². The molecule has 1 heterocycles. The van der Waals surface area contributed by atoms with E-state index in [0.29, 0.717) is 21.3 Å². The number of fused-ring (bicyclic) bond motifs is 1. The van der Waals surface area contributed by atoms with Crippen LogP contribution in [0.3, 0.4) is 0 Å². The summed E-state index contributed by atoms with van der Waals surface area (Å²) in [6.45, 7) is 0. The second-order valence-corrected chi connectivity index (χ2v) is 5.89. The van der Waals surface area contributed by atoms with Crippen LogP contribution >= 0.6 is 23.2 Å². The number of hydrazone groups is 1. The zero-order valence-electron chi connectivity index (χ0n) is 11.7. The number of halogens is 2. The van der Waals surface area contributed by atoms with E-state index in [1.54, 1.807) is 18.2 Å². The molecule has 7 heteroatoms. The summed E-state index contributed by atoms with van der Waals surface area (Å²) in [7, 11) is 0. The summed E-state index contributed by atoms with van der Waals surface area (Å²) >= 11 is 12.1. The molecule has 0 fully saturated rings. The molecule has 3 rings (SSSR count). The molecule has 0 atom stereocenters. The van der Waals surface area contributed by atoms with Crippen LogP contribution in [0.4, 0.5) is 0 Å². The second-order valence-electron chi connectivity index (χ2n) is 5.07. The van der Waals surface area contributed by atoms with Crippen molar-refractivity contribution in [2.45, 2.75) is 25.7 Å². The molecule has 1 aliphatic rings. The highest BCUT2D eigenvalue weighted by Gasteiger charge is 2.21. The maximum atomic E-state index is 12.2. The van der Waals surface area contributed by atoms with E-state index in [0.717, 1.165) is 36.9 Å². The predicted molar refractivity (Wildman–Crippen MR) is 86.8 cm³/mol. The van der Waals surface area contributed by atoms with E-state index in [2.05, 4.69) is 20.7 Å². The lowest BCUT2D eigenvalue weighted by molar-refractivity contribution is 0.0949. The molecule has 114 valence electrons. The van der Waals surface area contributed by atoms with E-state index < -0.39 is 0 Å². The van der Waals surface area contributed by atoms with Gasteiger partial charge in [-0.3, -0.25) is 9.89 Å². The summed E-state index contributed by atoms with van der Waals surface area (Å²) in [4.78, 5) is 12.2. The molecule has 0 aliphatic heterocycles. The highest BCUT2D eigenvalue weighted by Crippen LogP contribution is 2.23. The Hall–Kier alpha value is -1.85. The summed E-state index contributed by atoms with van der Waals surface area (Å²) in [6.07, 6.45) is 5.44. The van der Waals surface area contributed by atoms with Crippen LogP contribution < -0.4 is 5.43 Å². The molecule has 1 aliphatic carbocycles. The first-order valence-electron chi connectivity index (χ1n) is 7.00. The van der Waals surface area contributed by atoms with Gasteiger partial charge in [0.05, 0.1) is 16.3 Å². The number of aromatic nitrogens is 2. The summed E-state index contributed by atoms with van der Waals surface area (Å²) in [5.74, 6) is -0.334. The standard InChI is InChI=1S/C15H14Cl2N4O/c16-11-5-3-6-12(17)10(11)8-18-21-15(22)14-9-4-1-2-7-13(9)19-20-14/h3,5-6,8H,1-2,4,7H2,(H,19,20)(H,21,22)/b18-8-. The van der Waals surface area contributed by atoms with E-state index in [-0.39, 0.29) is 5.91 Å². The Labute approximate surface area is 137 Å². The van der Waals surface area contributed by atoms with Crippen LogP contribution in [0.15, 0.2) is 23.3 Å². The summed E-state index contributed by atoms with van der Waals surface area (Å²) in [5, 5.41) is 11.9. The lowest BCUT2D eigenvalue weighted by atomic mass is 9.96. The van der Waals surface area contributed by atoms with Crippen LogP contribution in [-0.4, -0.2) is 22.3 Å². The molecule has 0 saturated heterocycles. The van der Waals surface area contributed by atoms with Crippen molar-refractivity contribution in [1.82, 2.24) is 15.6 Å². The zero-order chi connectivity index (χ0) is 15.5. The lowest BCUT2D eigenvalue weighted by Gasteiger charge is -2.10. The number of benzene rings is 1. The predicted octanol–water partition coefficient (Wildman–Crippen LogP) is 3.36. The minimum absolute atomic E-state index is 0.334. The van der Waals surface area contributed by atoms with Gasteiger partial charge in [0, 0.05) is 16.8 Å². The first kappa shape index (κ1) is 15.1. The Kier molecular flexibility index (Phi) is 4.45. The Balaban J connectivity index is 1.73. The molecule has 2 N–H and O–H groups in total. The Morgan fingerprint density at radius 2 is 2.00 bits per heavy atom. The Morgan fingerprint density at radius 3 is 2.77 bits per heavy atom. The van der Waals surface area contributed by atoms with E-state index in [1.807, 2.05) is 0 Å². The molecule has 5 nitrogen and oxygen atoms in total. The van der Waals surface area contributed by atoms with E-state index in [4.69, 9.17) is 23.2 Å². The summed E-state index contributed by atoms with van der Waals surface area (Å²) in [6, 6.07) is 5.16. The number of aryl methyl sites for hydroxylation is 1. The monoisotopic (exact) mass is 336 g/mol. The van der Waals surface area contributed by atoms with Crippen molar-refractivity contribution in [1.29, 1.82) is 0 Å². The fourth-order valence-corrected chi connectivity index (χ4v) is 3.01. The average molecular weight is 337 g/mol. The van der Waals surface area contributed by atoms with E-state index in [1.165, 1.54) is 6.21 Å². The molecule has 1 aromatic carbocycles. The van der Waals surface area contributed by atoms with Crippen molar-refractivity contribution >= 4 is 35.3 Å². The van der Waals surface area contributed by atoms with Crippen molar-refractivity contribution in [2.24, 2.45) is 5.10 Å². The van der Waals surface area contributed by atoms with Gasteiger partial charge in [-0.2, -0.15) is 10.2 Å². The minimum atomic E-state index is -0.334. The second kappa shape index (κ2) is 6.50. The molecule has 22 heavy (non-hydrogen) atoms. The van der Waals surface area contributed by atoms with E-state index >= 15 is 0 Å². The molecule has 0 bridgehead atoms. The number of aromatic amines is 1. The molecule has 2 aromatic rings. The van der Waals surface area contributed by atoms with Gasteiger partial charge in [0.2, 0.25) is 0 Å². The third kappa shape index (κ3) is 3.00. The molecular weight excluding hydrogens is 323 g/mol.